The summed E-state index contributed by atoms with van der Waals surface area (Å²) >= 11 is 5.11. The highest BCUT2D eigenvalue weighted by Crippen LogP contribution is 2.36. The molecule has 1 saturated heterocycles. The van der Waals surface area contributed by atoms with Crippen LogP contribution in [0.3, 0.4) is 0 Å². The molecule has 0 radical (unpaired) electrons. The first kappa shape index (κ1) is 12.8. The van der Waals surface area contributed by atoms with Gasteiger partial charge in [-0.2, -0.15) is 0 Å². The molecule has 0 aromatic rings. The summed E-state index contributed by atoms with van der Waals surface area (Å²) in [6.07, 6.45) is 4.47. The highest BCUT2D eigenvalue weighted by Gasteiger charge is 2.46. The monoisotopic (exact) mass is 256 g/mol. The van der Waals surface area contributed by atoms with Crippen molar-refractivity contribution in [3.63, 3.8) is 0 Å². The Morgan fingerprint density at radius 2 is 1.88 bits per heavy atom. The third-order valence-electron chi connectivity index (χ3n) is 4.13. The van der Waals surface area contributed by atoms with Gasteiger partial charge in [-0.3, -0.25) is 4.79 Å². The molecule has 0 spiro atoms. The minimum Gasteiger partial charge on any atom is -0.392 e. The zero-order chi connectivity index (χ0) is 12.5. The highest BCUT2D eigenvalue weighted by atomic mass is 32.1. The van der Waals surface area contributed by atoms with E-state index in [2.05, 4.69) is 12.2 Å². The van der Waals surface area contributed by atoms with Crippen LogP contribution < -0.4 is 11.1 Å². The van der Waals surface area contributed by atoms with Gasteiger partial charge in [-0.25, -0.2) is 0 Å². The van der Waals surface area contributed by atoms with Gasteiger partial charge in [0.2, 0.25) is 5.91 Å². The number of rotatable bonds is 3. The van der Waals surface area contributed by atoms with Crippen LogP contribution in [0.15, 0.2) is 0 Å². The van der Waals surface area contributed by atoms with E-state index >= 15 is 0 Å². The fourth-order valence-corrected chi connectivity index (χ4v) is 2.83. The second kappa shape index (κ2) is 4.53. The molecule has 1 amide bonds. The van der Waals surface area contributed by atoms with Crippen LogP contribution in [0, 0.1) is 5.41 Å². The van der Waals surface area contributed by atoms with Crippen LogP contribution >= 0.6 is 12.2 Å². The van der Waals surface area contributed by atoms with Gasteiger partial charge in [0.15, 0.2) is 0 Å². The van der Waals surface area contributed by atoms with Gasteiger partial charge < -0.3 is 15.8 Å². The van der Waals surface area contributed by atoms with Gasteiger partial charge in [0.1, 0.15) is 5.41 Å². The summed E-state index contributed by atoms with van der Waals surface area (Å²) in [5.74, 6) is -0.00417. The van der Waals surface area contributed by atoms with Crippen molar-refractivity contribution < 1.29 is 9.53 Å². The van der Waals surface area contributed by atoms with Crippen molar-refractivity contribution in [1.82, 2.24) is 5.32 Å². The maximum atomic E-state index is 12.4. The Labute approximate surface area is 107 Å². The lowest BCUT2D eigenvalue weighted by Gasteiger charge is -2.43. The number of hydrogen-bond acceptors (Lipinski definition) is 3. The van der Waals surface area contributed by atoms with Crippen molar-refractivity contribution in [3.05, 3.63) is 0 Å². The molecule has 1 aliphatic carbocycles. The van der Waals surface area contributed by atoms with E-state index in [1.807, 2.05) is 0 Å². The number of nitrogens with one attached hydrogen (secondary N) is 1. The predicted molar refractivity (Wildman–Crippen MR) is 69.7 cm³/mol. The Morgan fingerprint density at radius 3 is 2.29 bits per heavy atom. The molecule has 0 aromatic carbocycles. The topological polar surface area (TPSA) is 64.4 Å². The van der Waals surface area contributed by atoms with E-state index < -0.39 is 5.41 Å². The van der Waals surface area contributed by atoms with Gasteiger partial charge in [0.05, 0.1) is 4.99 Å². The molecule has 1 aliphatic heterocycles. The SMILES string of the molecule is CC1(NC(=O)C2(C(N)=S)CCOCC2)CCC1. The van der Waals surface area contributed by atoms with E-state index in [1.54, 1.807) is 0 Å². The lowest BCUT2D eigenvalue weighted by Crippen LogP contribution is -2.59. The molecule has 2 rings (SSSR count). The lowest BCUT2D eigenvalue weighted by molar-refractivity contribution is -0.134. The molecular weight excluding hydrogens is 236 g/mol. The van der Waals surface area contributed by atoms with Crippen LogP contribution in [-0.4, -0.2) is 29.6 Å². The van der Waals surface area contributed by atoms with Crippen LogP contribution in [0.1, 0.15) is 39.0 Å². The Bertz CT molecular complexity index is 333. The zero-order valence-electron chi connectivity index (χ0n) is 10.3. The first-order valence-corrected chi connectivity index (χ1v) is 6.60. The number of carbonyl (C=O) groups is 1. The Kier molecular flexibility index (Phi) is 3.41. The van der Waals surface area contributed by atoms with Gasteiger partial charge in [0, 0.05) is 18.8 Å². The molecule has 0 bridgehead atoms. The quantitative estimate of drug-likeness (QED) is 0.743. The molecule has 17 heavy (non-hydrogen) atoms. The maximum absolute atomic E-state index is 12.4. The van der Waals surface area contributed by atoms with E-state index in [0.717, 1.165) is 12.8 Å². The third-order valence-corrected chi connectivity index (χ3v) is 4.52. The zero-order valence-corrected chi connectivity index (χ0v) is 11.1. The summed E-state index contributed by atoms with van der Waals surface area (Å²) < 4.78 is 5.30. The second-order valence-electron chi connectivity index (χ2n) is 5.43. The molecule has 2 fully saturated rings. The maximum Gasteiger partial charge on any atom is 0.233 e. The van der Waals surface area contributed by atoms with Gasteiger partial charge in [0.25, 0.3) is 0 Å². The summed E-state index contributed by atoms with van der Waals surface area (Å²) in [5.41, 5.74) is 5.06. The van der Waals surface area contributed by atoms with Gasteiger partial charge >= 0.3 is 0 Å². The molecule has 1 saturated carbocycles. The normalized spacial score (nSPS) is 25.7. The fraction of sp³-hybridized carbons (Fsp3) is 0.833. The minimum absolute atomic E-state index is 0.00417. The van der Waals surface area contributed by atoms with Crippen LogP contribution in [0.2, 0.25) is 0 Å². The number of amides is 1. The molecule has 0 unspecified atom stereocenters. The number of thiocarbonyl (C=S) groups is 1. The number of nitrogens with two attached hydrogens (primary N) is 1. The predicted octanol–water partition coefficient (Wildman–Crippen LogP) is 1.13. The van der Waals surface area contributed by atoms with Gasteiger partial charge in [-0.1, -0.05) is 12.2 Å². The van der Waals surface area contributed by atoms with Crippen LogP contribution in [0.4, 0.5) is 0 Å². The molecule has 1 heterocycles. The average Bonchev–Trinajstić information content (AvgIpc) is 2.27. The smallest absolute Gasteiger partial charge is 0.233 e. The summed E-state index contributed by atoms with van der Waals surface area (Å²) in [7, 11) is 0. The Hall–Kier alpha value is -0.680. The molecule has 0 atom stereocenters. The molecule has 0 aromatic heterocycles. The van der Waals surface area contributed by atoms with Crippen molar-refractivity contribution in [2.45, 2.75) is 44.6 Å². The first-order chi connectivity index (χ1) is 7.99. The van der Waals surface area contributed by atoms with E-state index in [1.165, 1.54) is 6.42 Å². The van der Waals surface area contributed by atoms with Crippen molar-refractivity contribution in [2.24, 2.45) is 11.1 Å². The molecule has 2 aliphatic rings. The van der Waals surface area contributed by atoms with Crippen molar-refractivity contribution in [3.8, 4) is 0 Å². The summed E-state index contributed by atoms with van der Waals surface area (Å²) in [6, 6.07) is 0. The Morgan fingerprint density at radius 1 is 1.29 bits per heavy atom. The lowest BCUT2D eigenvalue weighted by atomic mass is 9.74. The Balaban J connectivity index is 2.10. The molecule has 3 N–H and O–H groups in total. The van der Waals surface area contributed by atoms with Crippen molar-refractivity contribution in [1.29, 1.82) is 0 Å². The summed E-state index contributed by atoms with van der Waals surface area (Å²) in [6.45, 7) is 3.20. The van der Waals surface area contributed by atoms with Gasteiger partial charge in [-0.15, -0.1) is 0 Å². The molecular formula is C12H20N2O2S. The third kappa shape index (κ3) is 2.31. The molecule has 4 nitrogen and oxygen atoms in total. The van der Waals surface area contributed by atoms with E-state index in [0.29, 0.717) is 31.0 Å². The van der Waals surface area contributed by atoms with Gasteiger partial charge in [-0.05, 0) is 39.0 Å². The number of hydrogen-bond donors (Lipinski definition) is 2. The summed E-state index contributed by atoms with van der Waals surface area (Å²) in [4.78, 5) is 12.7. The molecule has 96 valence electrons. The largest absolute Gasteiger partial charge is 0.392 e. The van der Waals surface area contributed by atoms with Crippen molar-refractivity contribution in [2.75, 3.05) is 13.2 Å². The molecule has 5 heteroatoms. The highest BCUT2D eigenvalue weighted by molar-refractivity contribution is 7.80. The van der Waals surface area contributed by atoms with Crippen LogP contribution in [-0.2, 0) is 9.53 Å². The summed E-state index contributed by atoms with van der Waals surface area (Å²) in [5, 5.41) is 3.12. The first-order valence-electron chi connectivity index (χ1n) is 6.19. The van der Waals surface area contributed by atoms with E-state index in [-0.39, 0.29) is 11.4 Å². The number of ether oxygens (including phenoxy) is 1. The number of carbonyl (C=O) groups excluding carboxylic acids is 1. The second-order valence-corrected chi connectivity index (χ2v) is 5.87. The van der Waals surface area contributed by atoms with Crippen LogP contribution in [0.5, 0.6) is 0 Å². The minimum atomic E-state index is -0.688. The fourth-order valence-electron chi connectivity index (χ4n) is 2.53. The van der Waals surface area contributed by atoms with Crippen LogP contribution in [0.25, 0.3) is 0 Å². The average molecular weight is 256 g/mol. The standard InChI is InChI=1S/C12H20N2O2S/c1-11(3-2-4-11)14-10(15)12(9(13)17)5-7-16-8-6-12/h2-8H2,1H3,(H2,13,17)(H,14,15). The van der Waals surface area contributed by atoms with E-state index in [4.69, 9.17) is 22.7 Å². The van der Waals surface area contributed by atoms with Crippen molar-refractivity contribution >= 4 is 23.1 Å². The van der Waals surface area contributed by atoms with E-state index in [9.17, 15) is 4.79 Å².